The minimum atomic E-state index is -0.287. The fourth-order valence-corrected chi connectivity index (χ4v) is 3.26. The van der Waals surface area contributed by atoms with Crippen LogP contribution < -0.4 is 10.6 Å². The van der Waals surface area contributed by atoms with Gasteiger partial charge in [0.05, 0.1) is 5.56 Å². The van der Waals surface area contributed by atoms with Crippen molar-refractivity contribution < 1.29 is 4.39 Å². The Morgan fingerprint density at radius 2 is 1.96 bits per heavy atom. The Labute approximate surface area is 142 Å². The van der Waals surface area contributed by atoms with Crippen LogP contribution in [0.5, 0.6) is 0 Å². The van der Waals surface area contributed by atoms with Gasteiger partial charge in [0.15, 0.2) is 5.82 Å². The maximum atomic E-state index is 14.1. The van der Waals surface area contributed by atoms with E-state index in [1.54, 1.807) is 12.1 Å². The Bertz CT molecular complexity index is 696. The molecule has 1 saturated heterocycles. The maximum Gasteiger partial charge on any atom is 0.164 e. The van der Waals surface area contributed by atoms with E-state index in [1.165, 1.54) is 18.9 Å². The molecule has 0 aliphatic carbocycles. The highest BCUT2D eigenvalue weighted by atomic mass is 19.1. The lowest BCUT2D eigenvalue weighted by Crippen LogP contribution is -2.31. The molecule has 5 heteroatoms. The smallest absolute Gasteiger partial charge is 0.164 e. The van der Waals surface area contributed by atoms with Crippen molar-refractivity contribution >= 4 is 5.82 Å². The molecule has 0 amide bonds. The first-order chi connectivity index (χ1) is 11.7. The maximum absolute atomic E-state index is 14.1. The average molecular weight is 328 g/mol. The van der Waals surface area contributed by atoms with E-state index in [9.17, 15) is 4.39 Å². The van der Waals surface area contributed by atoms with Gasteiger partial charge in [-0.2, -0.15) is 0 Å². The lowest BCUT2D eigenvalue weighted by Gasteiger charge is -2.24. The van der Waals surface area contributed by atoms with E-state index in [4.69, 9.17) is 0 Å². The monoisotopic (exact) mass is 328 g/mol. The van der Waals surface area contributed by atoms with E-state index in [1.807, 2.05) is 13.0 Å². The topological polar surface area (TPSA) is 49.8 Å². The zero-order valence-corrected chi connectivity index (χ0v) is 14.4. The molecule has 1 aliphatic heterocycles. The highest BCUT2D eigenvalue weighted by Crippen LogP contribution is 2.25. The van der Waals surface area contributed by atoms with Gasteiger partial charge in [-0.05, 0) is 57.3 Å². The van der Waals surface area contributed by atoms with Crippen LogP contribution in [0.3, 0.4) is 0 Å². The predicted octanol–water partition coefficient (Wildman–Crippen LogP) is 3.57. The van der Waals surface area contributed by atoms with Crippen LogP contribution in [-0.4, -0.2) is 29.6 Å². The van der Waals surface area contributed by atoms with Crippen molar-refractivity contribution in [2.24, 2.45) is 5.92 Å². The summed E-state index contributed by atoms with van der Waals surface area (Å²) in [6, 6.07) is 6.67. The summed E-state index contributed by atoms with van der Waals surface area (Å²) in [5.74, 6) is 1.67. The number of anilines is 1. The van der Waals surface area contributed by atoms with Gasteiger partial charge in [0, 0.05) is 17.8 Å². The van der Waals surface area contributed by atoms with Crippen molar-refractivity contribution in [1.82, 2.24) is 15.3 Å². The van der Waals surface area contributed by atoms with Crippen LogP contribution in [0, 0.1) is 18.7 Å². The van der Waals surface area contributed by atoms with Crippen LogP contribution in [0.15, 0.2) is 24.3 Å². The van der Waals surface area contributed by atoms with E-state index >= 15 is 0 Å². The molecule has 3 rings (SSSR count). The van der Waals surface area contributed by atoms with Crippen LogP contribution in [0.1, 0.15) is 31.0 Å². The average Bonchev–Trinajstić information content (AvgIpc) is 2.61. The predicted molar refractivity (Wildman–Crippen MR) is 95.6 cm³/mol. The number of aromatic nitrogens is 2. The van der Waals surface area contributed by atoms with Gasteiger partial charge in [0.2, 0.25) is 0 Å². The molecule has 1 aliphatic rings. The van der Waals surface area contributed by atoms with Crippen LogP contribution in [0.25, 0.3) is 11.4 Å². The number of piperidine rings is 1. The summed E-state index contributed by atoms with van der Waals surface area (Å²) in [4.78, 5) is 9.17. The number of hydrogen-bond donors (Lipinski definition) is 2. The molecule has 0 atom stereocenters. The molecule has 2 heterocycles. The van der Waals surface area contributed by atoms with Crippen LogP contribution in [0.2, 0.25) is 0 Å². The SMILES string of the molecule is CCc1c(C)nc(-c2ccccc2F)nc1NCC1CCNCC1. The second kappa shape index (κ2) is 7.71. The van der Waals surface area contributed by atoms with Crippen LogP contribution in [-0.2, 0) is 6.42 Å². The Morgan fingerprint density at radius 1 is 1.21 bits per heavy atom. The van der Waals surface area contributed by atoms with Gasteiger partial charge in [-0.25, -0.2) is 14.4 Å². The van der Waals surface area contributed by atoms with Gasteiger partial charge in [-0.15, -0.1) is 0 Å². The third-order valence-electron chi connectivity index (χ3n) is 4.70. The molecule has 0 spiro atoms. The van der Waals surface area contributed by atoms with Crippen LogP contribution >= 0.6 is 0 Å². The molecule has 0 bridgehead atoms. The Balaban J connectivity index is 1.87. The molecule has 1 aromatic carbocycles. The third kappa shape index (κ3) is 3.73. The number of benzene rings is 1. The number of aryl methyl sites for hydroxylation is 1. The van der Waals surface area contributed by atoms with Crippen LogP contribution in [0.4, 0.5) is 10.2 Å². The molecule has 1 aromatic heterocycles. The number of nitrogens with one attached hydrogen (secondary N) is 2. The molecular weight excluding hydrogens is 303 g/mol. The minimum Gasteiger partial charge on any atom is -0.369 e. The molecule has 1 fully saturated rings. The molecular formula is C19H25FN4. The van der Waals surface area contributed by atoms with Crippen molar-refractivity contribution in [3.63, 3.8) is 0 Å². The van der Waals surface area contributed by atoms with Crippen molar-refractivity contribution in [2.75, 3.05) is 25.0 Å². The van der Waals surface area contributed by atoms with Crippen molar-refractivity contribution in [3.05, 3.63) is 41.3 Å². The number of hydrogen-bond acceptors (Lipinski definition) is 4. The zero-order chi connectivity index (χ0) is 16.9. The third-order valence-corrected chi connectivity index (χ3v) is 4.70. The summed E-state index contributed by atoms with van der Waals surface area (Å²) in [5, 5.41) is 6.89. The molecule has 2 aromatic rings. The Kier molecular flexibility index (Phi) is 5.41. The number of nitrogens with zero attached hydrogens (tertiary/aromatic N) is 2. The molecule has 128 valence electrons. The molecule has 0 unspecified atom stereocenters. The van der Waals surface area contributed by atoms with Crippen molar-refractivity contribution in [2.45, 2.75) is 33.1 Å². The second-order valence-electron chi connectivity index (χ2n) is 6.37. The van der Waals surface area contributed by atoms with E-state index < -0.39 is 0 Å². The fraction of sp³-hybridized carbons (Fsp3) is 0.474. The van der Waals surface area contributed by atoms with Gasteiger partial charge in [-0.3, -0.25) is 0 Å². The first kappa shape index (κ1) is 16.8. The highest BCUT2D eigenvalue weighted by Gasteiger charge is 2.17. The van der Waals surface area contributed by atoms with E-state index in [0.29, 0.717) is 17.3 Å². The molecule has 24 heavy (non-hydrogen) atoms. The molecule has 4 nitrogen and oxygen atoms in total. The van der Waals surface area contributed by atoms with Gasteiger partial charge in [-0.1, -0.05) is 19.1 Å². The van der Waals surface area contributed by atoms with Gasteiger partial charge in [0.1, 0.15) is 11.6 Å². The fourth-order valence-electron chi connectivity index (χ4n) is 3.26. The Hall–Kier alpha value is -2.01. The van der Waals surface area contributed by atoms with Gasteiger partial charge < -0.3 is 10.6 Å². The van der Waals surface area contributed by atoms with Gasteiger partial charge >= 0.3 is 0 Å². The van der Waals surface area contributed by atoms with Gasteiger partial charge in [0.25, 0.3) is 0 Å². The van der Waals surface area contributed by atoms with Crippen molar-refractivity contribution in [3.8, 4) is 11.4 Å². The first-order valence-electron chi connectivity index (χ1n) is 8.76. The second-order valence-corrected chi connectivity index (χ2v) is 6.37. The molecule has 0 saturated carbocycles. The largest absolute Gasteiger partial charge is 0.369 e. The lowest BCUT2D eigenvalue weighted by atomic mass is 9.98. The zero-order valence-electron chi connectivity index (χ0n) is 14.4. The van der Waals surface area contributed by atoms with Crippen molar-refractivity contribution in [1.29, 1.82) is 0 Å². The van der Waals surface area contributed by atoms with E-state index in [-0.39, 0.29) is 5.82 Å². The van der Waals surface area contributed by atoms with E-state index in [0.717, 1.165) is 43.1 Å². The Morgan fingerprint density at radius 3 is 2.67 bits per heavy atom. The summed E-state index contributed by atoms with van der Waals surface area (Å²) in [6.07, 6.45) is 3.22. The molecule has 0 radical (unpaired) electrons. The summed E-state index contributed by atoms with van der Waals surface area (Å²) in [6.45, 7) is 7.14. The minimum absolute atomic E-state index is 0.287. The summed E-state index contributed by atoms with van der Waals surface area (Å²) < 4.78 is 14.1. The summed E-state index contributed by atoms with van der Waals surface area (Å²) in [5.41, 5.74) is 2.48. The quantitative estimate of drug-likeness (QED) is 0.881. The normalized spacial score (nSPS) is 15.5. The first-order valence-corrected chi connectivity index (χ1v) is 8.76. The summed E-state index contributed by atoms with van der Waals surface area (Å²) >= 11 is 0. The molecule has 2 N–H and O–H groups in total. The summed E-state index contributed by atoms with van der Waals surface area (Å²) in [7, 11) is 0. The highest BCUT2D eigenvalue weighted by molar-refractivity contribution is 5.60. The lowest BCUT2D eigenvalue weighted by molar-refractivity contribution is 0.389. The number of halogens is 1. The number of rotatable bonds is 5. The standard InChI is InChI=1S/C19H25FN4/c1-3-15-13(2)23-19(16-6-4-5-7-17(16)20)24-18(15)22-12-14-8-10-21-11-9-14/h4-7,14,21H,3,8-12H2,1-2H3,(H,22,23,24). The van der Waals surface area contributed by atoms with E-state index in [2.05, 4.69) is 27.5 Å².